The van der Waals surface area contributed by atoms with Gasteiger partial charge in [0.1, 0.15) is 0 Å². The minimum absolute atomic E-state index is 0.396. The maximum atomic E-state index is 5.85. The predicted octanol–water partition coefficient (Wildman–Crippen LogP) is 1.83. The van der Waals surface area contributed by atoms with Crippen LogP contribution in [-0.2, 0) is 0 Å². The number of hydrogen-bond acceptors (Lipinski definition) is 1. The van der Waals surface area contributed by atoms with Gasteiger partial charge >= 0.3 is 0 Å². The number of allylic oxidation sites excluding steroid dienone is 1. The van der Waals surface area contributed by atoms with Gasteiger partial charge in [-0.05, 0) is 38.5 Å². The fraction of sp³-hybridized carbons (Fsp3) is 0.778. The smallest absolute Gasteiger partial charge is 0.00762 e. The van der Waals surface area contributed by atoms with Crippen molar-refractivity contribution in [3.05, 3.63) is 11.1 Å². The van der Waals surface area contributed by atoms with Crippen molar-refractivity contribution >= 4 is 0 Å². The first-order valence-electron chi connectivity index (χ1n) is 4.25. The number of hydrogen-bond donors (Lipinski definition) is 1. The molecule has 56 valence electrons. The van der Waals surface area contributed by atoms with E-state index in [4.69, 9.17) is 5.73 Å². The molecule has 2 unspecified atom stereocenters. The predicted molar refractivity (Wildman–Crippen MR) is 42.6 cm³/mol. The van der Waals surface area contributed by atoms with Crippen LogP contribution in [0, 0.1) is 5.92 Å². The molecule has 0 heterocycles. The second kappa shape index (κ2) is 2.09. The Balaban J connectivity index is 2.14. The zero-order valence-corrected chi connectivity index (χ0v) is 6.56. The van der Waals surface area contributed by atoms with Crippen molar-refractivity contribution in [3.8, 4) is 0 Å². The maximum absolute atomic E-state index is 5.85. The van der Waals surface area contributed by atoms with Crippen molar-refractivity contribution in [1.29, 1.82) is 0 Å². The van der Waals surface area contributed by atoms with Crippen molar-refractivity contribution in [2.24, 2.45) is 11.7 Å². The molecule has 0 aliphatic heterocycles. The third kappa shape index (κ3) is 0.734. The van der Waals surface area contributed by atoms with Crippen LogP contribution >= 0.6 is 0 Å². The summed E-state index contributed by atoms with van der Waals surface area (Å²) in [5.74, 6) is 0.753. The van der Waals surface area contributed by atoms with Gasteiger partial charge in [-0.1, -0.05) is 11.1 Å². The Morgan fingerprint density at radius 3 is 2.50 bits per heavy atom. The molecule has 0 fully saturated rings. The third-order valence-electron chi connectivity index (χ3n) is 2.99. The molecule has 2 N–H and O–H groups in total. The Bertz CT molecular complexity index is 179. The minimum atomic E-state index is 0.396. The summed E-state index contributed by atoms with van der Waals surface area (Å²) >= 11 is 0. The highest BCUT2D eigenvalue weighted by atomic mass is 14.6. The number of nitrogens with two attached hydrogens (primary N) is 1. The zero-order chi connectivity index (χ0) is 7.14. The first-order chi connectivity index (χ1) is 4.79. The van der Waals surface area contributed by atoms with Crippen molar-refractivity contribution in [2.45, 2.75) is 38.6 Å². The lowest BCUT2D eigenvalue weighted by molar-refractivity contribution is 0.492. The highest BCUT2D eigenvalue weighted by molar-refractivity contribution is 5.32. The van der Waals surface area contributed by atoms with Gasteiger partial charge in [0.2, 0.25) is 0 Å². The molecule has 2 aliphatic rings. The molecule has 1 nitrogen and oxygen atoms in total. The summed E-state index contributed by atoms with van der Waals surface area (Å²) in [5, 5.41) is 0. The fourth-order valence-corrected chi connectivity index (χ4v) is 2.26. The molecule has 2 atom stereocenters. The largest absolute Gasteiger partial charge is 0.327 e. The molecule has 0 aromatic rings. The van der Waals surface area contributed by atoms with Crippen molar-refractivity contribution < 1.29 is 0 Å². The average Bonchev–Trinajstić information content (AvgIpc) is 2.07. The van der Waals surface area contributed by atoms with E-state index in [9.17, 15) is 0 Å². The SMILES string of the molecule is CC(N)C1CCC2=C1CC2. The van der Waals surface area contributed by atoms with Gasteiger partial charge in [0, 0.05) is 6.04 Å². The fourth-order valence-electron chi connectivity index (χ4n) is 2.26. The van der Waals surface area contributed by atoms with Gasteiger partial charge in [-0.3, -0.25) is 0 Å². The summed E-state index contributed by atoms with van der Waals surface area (Å²) in [6.45, 7) is 2.14. The van der Waals surface area contributed by atoms with Crippen LogP contribution in [0.4, 0.5) is 0 Å². The standard InChI is InChI=1S/C9H15N/c1-6(10)8-4-2-7-3-5-9(7)8/h6,8H,2-5,10H2,1H3. The Hall–Kier alpha value is -0.300. The van der Waals surface area contributed by atoms with Gasteiger partial charge in [-0.2, -0.15) is 0 Å². The lowest BCUT2D eigenvalue weighted by atomic mass is 9.84. The van der Waals surface area contributed by atoms with E-state index in [-0.39, 0.29) is 0 Å². The van der Waals surface area contributed by atoms with Gasteiger partial charge < -0.3 is 5.73 Å². The highest BCUT2D eigenvalue weighted by Crippen LogP contribution is 2.45. The summed E-state index contributed by atoms with van der Waals surface area (Å²) in [6, 6.07) is 0.396. The molecule has 2 aliphatic carbocycles. The molecule has 0 spiro atoms. The summed E-state index contributed by atoms with van der Waals surface area (Å²) in [7, 11) is 0. The minimum Gasteiger partial charge on any atom is -0.327 e. The van der Waals surface area contributed by atoms with E-state index in [0.717, 1.165) is 5.92 Å². The van der Waals surface area contributed by atoms with Gasteiger partial charge in [0.15, 0.2) is 0 Å². The second-order valence-corrected chi connectivity index (χ2v) is 3.63. The summed E-state index contributed by atoms with van der Waals surface area (Å²) in [4.78, 5) is 0. The molecule has 2 rings (SSSR count). The first kappa shape index (κ1) is 6.41. The van der Waals surface area contributed by atoms with E-state index < -0.39 is 0 Å². The van der Waals surface area contributed by atoms with E-state index in [1.54, 1.807) is 11.1 Å². The van der Waals surface area contributed by atoms with Gasteiger partial charge in [0.05, 0.1) is 0 Å². The van der Waals surface area contributed by atoms with E-state index in [2.05, 4.69) is 6.92 Å². The molecule has 0 radical (unpaired) electrons. The normalized spacial score (nSPS) is 33.6. The molecule has 0 saturated carbocycles. The highest BCUT2D eigenvalue weighted by Gasteiger charge is 2.32. The molecule has 0 aromatic carbocycles. The molecule has 0 amide bonds. The Kier molecular flexibility index (Phi) is 1.34. The monoisotopic (exact) mass is 137 g/mol. The Morgan fingerprint density at radius 2 is 2.20 bits per heavy atom. The van der Waals surface area contributed by atoms with Crippen molar-refractivity contribution in [3.63, 3.8) is 0 Å². The van der Waals surface area contributed by atoms with Crippen LogP contribution in [0.2, 0.25) is 0 Å². The van der Waals surface area contributed by atoms with Crippen LogP contribution in [-0.4, -0.2) is 6.04 Å². The molecular weight excluding hydrogens is 122 g/mol. The second-order valence-electron chi connectivity index (χ2n) is 3.63. The van der Waals surface area contributed by atoms with Crippen LogP contribution in [0.15, 0.2) is 11.1 Å². The summed E-state index contributed by atoms with van der Waals surface area (Å²) in [6.07, 6.45) is 5.41. The van der Waals surface area contributed by atoms with Crippen LogP contribution in [0.5, 0.6) is 0 Å². The van der Waals surface area contributed by atoms with E-state index in [0.29, 0.717) is 6.04 Å². The van der Waals surface area contributed by atoms with E-state index >= 15 is 0 Å². The lowest BCUT2D eigenvalue weighted by Gasteiger charge is -2.24. The number of rotatable bonds is 1. The lowest BCUT2D eigenvalue weighted by Crippen LogP contribution is -2.27. The van der Waals surface area contributed by atoms with Crippen LogP contribution < -0.4 is 5.73 Å². The summed E-state index contributed by atoms with van der Waals surface area (Å²) in [5.41, 5.74) is 9.31. The van der Waals surface area contributed by atoms with Crippen LogP contribution in [0.3, 0.4) is 0 Å². The Morgan fingerprint density at radius 1 is 1.40 bits per heavy atom. The first-order valence-corrected chi connectivity index (χ1v) is 4.25. The third-order valence-corrected chi connectivity index (χ3v) is 2.99. The zero-order valence-electron chi connectivity index (χ0n) is 6.56. The maximum Gasteiger partial charge on any atom is 0.00762 e. The topological polar surface area (TPSA) is 26.0 Å². The average molecular weight is 137 g/mol. The molecular formula is C9H15N. The molecule has 0 aromatic heterocycles. The van der Waals surface area contributed by atoms with Crippen LogP contribution in [0.25, 0.3) is 0 Å². The van der Waals surface area contributed by atoms with Crippen molar-refractivity contribution in [1.82, 2.24) is 0 Å². The van der Waals surface area contributed by atoms with Gasteiger partial charge in [-0.25, -0.2) is 0 Å². The van der Waals surface area contributed by atoms with Crippen molar-refractivity contribution in [2.75, 3.05) is 0 Å². The van der Waals surface area contributed by atoms with Gasteiger partial charge in [0.25, 0.3) is 0 Å². The quantitative estimate of drug-likeness (QED) is 0.548. The molecule has 10 heavy (non-hydrogen) atoms. The Labute approximate surface area is 62.3 Å². The molecule has 0 saturated heterocycles. The van der Waals surface area contributed by atoms with E-state index in [1.165, 1.54) is 25.7 Å². The van der Waals surface area contributed by atoms with Crippen LogP contribution in [0.1, 0.15) is 32.6 Å². The molecule has 0 bridgehead atoms. The summed E-state index contributed by atoms with van der Waals surface area (Å²) < 4.78 is 0. The van der Waals surface area contributed by atoms with E-state index in [1.807, 2.05) is 0 Å². The van der Waals surface area contributed by atoms with Gasteiger partial charge in [-0.15, -0.1) is 0 Å². The molecule has 1 heteroatoms.